The lowest BCUT2D eigenvalue weighted by Gasteiger charge is -2.27. The maximum Gasteiger partial charge on any atom is 0.338 e. The molecule has 0 aromatic heterocycles. The smallest absolute Gasteiger partial charge is 0.338 e. The molecule has 42 heavy (non-hydrogen) atoms. The van der Waals surface area contributed by atoms with Gasteiger partial charge in [0, 0.05) is 10.0 Å². The predicted octanol–water partition coefficient (Wildman–Crippen LogP) is 7.08. The number of carbonyl (C=O) groups excluding carboxylic acids is 2. The van der Waals surface area contributed by atoms with Crippen molar-refractivity contribution in [2.24, 2.45) is 5.16 Å². The molecule has 0 radical (unpaired) electrons. The molecule has 0 spiro atoms. The van der Waals surface area contributed by atoms with Crippen LogP contribution in [0.5, 0.6) is 0 Å². The molecule has 3 atom stereocenters. The van der Waals surface area contributed by atoms with Crippen LogP contribution in [0.15, 0.2) is 70.7 Å². The number of oxime groups is 1. The largest absolute Gasteiger partial charge is 0.459 e. The van der Waals surface area contributed by atoms with Crippen molar-refractivity contribution in [3.8, 4) is 0 Å². The average molecular weight is 702 g/mol. The average Bonchev–Trinajstić information content (AvgIpc) is 2.95. The lowest BCUT2D eigenvalue weighted by atomic mass is 10.1. The maximum absolute atomic E-state index is 15.5. The Morgan fingerprint density at radius 2 is 1.38 bits per heavy atom. The molecule has 0 saturated heterocycles. The summed E-state index contributed by atoms with van der Waals surface area (Å²) in [6.45, 7) is -0.931. The first-order valence-corrected chi connectivity index (χ1v) is 14.8. The van der Waals surface area contributed by atoms with E-state index < -0.39 is 51.9 Å². The molecule has 9 nitrogen and oxygen atoms in total. The van der Waals surface area contributed by atoms with Crippen molar-refractivity contribution in [1.82, 2.24) is 0 Å². The third-order valence-corrected chi connectivity index (χ3v) is 8.29. The first-order valence-electron chi connectivity index (χ1n) is 11.5. The lowest BCUT2D eigenvalue weighted by molar-refractivity contribution is -0.0478. The summed E-state index contributed by atoms with van der Waals surface area (Å²) >= 11 is 29.6. The van der Waals surface area contributed by atoms with Crippen LogP contribution in [0.4, 0.5) is 4.39 Å². The van der Waals surface area contributed by atoms with Crippen molar-refractivity contribution in [3.63, 3.8) is 0 Å². The Hall–Kier alpha value is -2.64. The highest BCUT2D eigenvalue weighted by molar-refractivity contribution is 7.87. The van der Waals surface area contributed by atoms with Crippen LogP contribution in [0.1, 0.15) is 20.7 Å². The summed E-state index contributed by atoms with van der Waals surface area (Å²) in [5, 5.41) is 3.34. The quantitative estimate of drug-likeness (QED) is 0.0647. The molecule has 0 heterocycles. The number of alkyl halides is 1. The van der Waals surface area contributed by atoms with Gasteiger partial charge in [-0.2, -0.15) is 8.42 Å². The minimum absolute atomic E-state index is 0.0287. The van der Waals surface area contributed by atoms with Crippen molar-refractivity contribution in [3.05, 3.63) is 96.9 Å². The molecule has 3 aromatic rings. The minimum Gasteiger partial charge on any atom is -0.459 e. The van der Waals surface area contributed by atoms with Gasteiger partial charge in [0.05, 0.1) is 32.4 Å². The number of benzene rings is 3. The fraction of sp³-hybridized carbons (Fsp3) is 0.192. The highest BCUT2D eigenvalue weighted by atomic mass is 35.5. The molecule has 0 N–H and O–H groups in total. The van der Waals surface area contributed by atoms with Gasteiger partial charge in [0.1, 0.15) is 18.6 Å². The van der Waals surface area contributed by atoms with Crippen LogP contribution in [-0.2, 0) is 28.6 Å². The molecular weight excluding hydrogens is 683 g/mol. The zero-order valence-corrected chi connectivity index (χ0v) is 25.8. The van der Waals surface area contributed by atoms with Gasteiger partial charge < -0.3 is 14.3 Å². The number of esters is 2. The normalized spacial score (nSPS) is 13.8. The molecule has 0 aliphatic heterocycles. The molecule has 0 saturated carbocycles. The fourth-order valence-electron chi connectivity index (χ4n) is 3.24. The van der Waals surface area contributed by atoms with Crippen molar-refractivity contribution in [1.29, 1.82) is 0 Å². The highest BCUT2D eigenvalue weighted by Gasteiger charge is 2.39. The number of halogens is 6. The minimum atomic E-state index is -4.89. The van der Waals surface area contributed by atoms with E-state index in [2.05, 4.69) is 9.99 Å². The Bertz CT molecular complexity index is 1560. The zero-order chi connectivity index (χ0) is 31.0. The Morgan fingerprint density at radius 3 is 1.93 bits per heavy atom. The van der Waals surface area contributed by atoms with E-state index in [4.69, 9.17) is 71.7 Å². The highest BCUT2D eigenvalue weighted by Crippen LogP contribution is 2.33. The summed E-state index contributed by atoms with van der Waals surface area (Å²) in [4.78, 5) is 29.5. The second kappa shape index (κ2) is 15.2. The molecule has 224 valence electrons. The summed E-state index contributed by atoms with van der Waals surface area (Å²) in [6.07, 6.45) is -5.80. The number of nitrogens with zero attached hydrogens (tertiary/aromatic N) is 1. The molecule has 0 amide bonds. The van der Waals surface area contributed by atoms with Crippen LogP contribution in [0.3, 0.4) is 0 Å². The van der Waals surface area contributed by atoms with Gasteiger partial charge in [0.15, 0.2) is 18.4 Å². The van der Waals surface area contributed by atoms with Crippen LogP contribution >= 0.6 is 58.0 Å². The van der Waals surface area contributed by atoms with Crippen LogP contribution in [-0.4, -0.2) is 58.7 Å². The summed E-state index contributed by atoms with van der Waals surface area (Å²) in [6, 6.07) is 12.8. The van der Waals surface area contributed by atoms with Gasteiger partial charge in [-0.15, -0.1) is 0 Å². The van der Waals surface area contributed by atoms with Crippen molar-refractivity contribution in [2.75, 3.05) is 13.7 Å². The summed E-state index contributed by atoms with van der Waals surface area (Å²) in [7, 11) is -3.77. The van der Waals surface area contributed by atoms with Crippen LogP contribution in [0, 0.1) is 0 Å². The van der Waals surface area contributed by atoms with E-state index in [1.165, 1.54) is 48.5 Å². The molecule has 3 aromatic carbocycles. The maximum atomic E-state index is 15.5. The van der Waals surface area contributed by atoms with E-state index in [1.807, 2.05) is 0 Å². The molecule has 3 rings (SSSR count). The number of ether oxygens (including phenoxy) is 2. The van der Waals surface area contributed by atoms with Gasteiger partial charge >= 0.3 is 11.9 Å². The van der Waals surface area contributed by atoms with Gasteiger partial charge in [-0.05, 0) is 60.7 Å². The van der Waals surface area contributed by atoms with Gasteiger partial charge in [-0.3, -0.25) is 4.18 Å². The number of hydrogen-bond donors (Lipinski definition) is 0. The molecule has 0 fully saturated rings. The zero-order valence-electron chi connectivity index (χ0n) is 21.2. The standard InChI is InChI=1S/C26H19Cl5FNO8S/c1-38-33-12-21(32)24(40-26(35)15-4-8-17(28)9-5-15)22(13-39-25(34)14-2-6-16(27)7-3-14)41-42(36,37)23-11-19(30)18(29)10-20(23)31/h2-12,21-22,24H,13H2,1H3. The van der Waals surface area contributed by atoms with Gasteiger partial charge in [0.25, 0.3) is 10.1 Å². The Kier molecular flexibility index (Phi) is 12.2. The van der Waals surface area contributed by atoms with E-state index >= 15 is 4.39 Å². The Morgan fingerprint density at radius 1 is 0.857 bits per heavy atom. The van der Waals surface area contributed by atoms with E-state index in [0.717, 1.165) is 19.2 Å². The Labute approximate surface area is 265 Å². The monoisotopic (exact) mass is 699 g/mol. The summed E-state index contributed by atoms with van der Waals surface area (Å²) < 4.78 is 57.9. The fourth-order valence-corrected chi connectivity index (χ4v) is 5.54. The SMILES string of the molecule is CON=CC(F)C(OC(=O)c1ccc(Cl)cc1)C(COC(=O)c1ccc(Cl)cc1)OS(=O)(=O)c1cc(Cl)c(Cl)cc1Cl. The molecule has 0 bridgehead atoms. The number of carbonyl (C=O) groups is 2. The van der Waals surface area contributed by atoms with Crippen LogP contribution < -0.4 is 0 Å². The van der Waals surface area contributed by atoms with Crippen LogP contribution in [0.2, 0.25) is 25.1 Å². The summed E-state index contributed by atoms with van der Waals surface area (Å²) in [5.74, 6) is -2.04. The third kappa shape index (κ3) is 9.18. The molecule has 0 aliphatic rings. The first kappa shape index (κ1) is 33.9. The molecule has 16 heteroatoms. The molecular formula is C26H19Cl5FNO8S. The van der Waals surface area contributed by atoms with Crippen LogP contribution in [0.25, 0.3) is 0 Å². The Balaban J connectivity index is 2.02. The van der Waals surface area contributed by atoms with Gasteiger partial charge in [-0.1, -0.05) is 63.2 Å². The van der Waals surface area contributed by atoms with E-state index in [-0.39, 0.29) is 26.2 Å². The number of hydrogen-bond acceptors (Lipinski definition) is 9. The second-order valence-electron chi connectivity index (χ2n) is 8.15. The lowest BCUT2D eigenvalue weighted by Crippen LogP contribution is -2.45. The molecule has 0 aliphatic carbocycles. The van der Waals surface area contributed by atoms with Crippen molar-refractivity contribution >= 4 is 86.3 Å². The first-order chi connectivity index (χ1) is 19.8. The van der Waals surface area contributed by atoms with Gasteiger partial charge in [0.2, 0.25) is 0 Å². The second-order valence-corrected chi connectivity index (χ2v) is 11.8. The van der Waals surface area contributed by atoms with Gasteiger partial charge in [-0.25, -0.2) is 14.0 Å². The van der Waals surface area contributed by atoms with Crippen molar-refractivity contribution < 1.29 is 40.9 Å². The number of rotatable bonds is 12. The predicted molar refractivity (Wildman–Crippen MR) is 156 cm³/mol. The van der Waals surface area contributed by atoms with E-state index in [9.17, 15) is 18.0 Å². The topological polar surface area (TPSA) is 118 Å². The summed E-state index contributed by atoms with van der Waals surface area (Å²) in [5.41, 5.74) is -0.0337. The van der Waals surface area contributed by atoms with Crippen molar-refractivity contribution in [2.45, 2.75) is 23.3 Å². The van der Waals surface area contributed by atoms with E-state index in [1.54, 1.807) is 0 Å². The molecule has 3 unspecified atom stereocenters. The van der Waals surface area contributed by atoms with E-state index in [0.29, 0.717) is 16.3 Å². The third-order valence-electron chi connectivity index (χ3n) is 5.27.